The van der Waals surface area contributed by atoms with Crippen LogP contribution < -0.4 is 5.56 Å². The van der Waals surface area contributed by atoms with E-state index in [1.165, 1.54) is 25.7 Å². The molecule has 98 valence electrons. The number of halogens is 1. The summed E-state index contributed by atoms with van der Waals surface area (Å²) in [4.78, 5) is 19.9. The first-order chi connectivity index (χ1) is 8.49. The minimum Gasteiger partial charge on any atom is -0.309 e. The van der Waals surface area contributed by atoms with E-state index in [-0.39, 0.29) is 5.56 Å². The average Bonchev–Trinajstić information content (AvgIpc) is 2.78. The number of aromatic amines is 1. The van der Waals surface area contributed by atoms with Crippen LogP contribution in [0.2, 0.25) is 0 Å². The molecule has 2 aliphatic rings. The average molecular weight is 358 g/mol. The van der Waals surface area contributed by atoms with E-state index in [1.54, 1.807) is 0 Å². The second kappa shape index (κ2) is 4.32. The summed E-state index contributed by atoms with van der Waals surface area (Å²) in [6, 6.07) is 0. The molecule has 0 saturated heterocycles. The highest BCUT2D eigenvalue weighted by molar-refractivity contribution is 14.1. The van der Waals surface area contributed by atoms with Crippen LogP contribution in [0.4, 0.5) is 0 Å². The fourth-order valence-electron chi connectivity index (χ4n) is 3.06. The molecule has 0 aliphatic heterocycles. The number of hydrogen-bond acceptors (Lipinski definition) is 2. The number of aromatic nitrogens is 2. The van der Waals surface area contributed by atoms with Gasteiger partial charge in [-0.2, -0.15) is 0 Å². The van der Waals surface area contributed by atoms with E-state index in [9.17, 15) is 4.79 Å². The lowest BCUT2D eigenvalue weighted by atomic mass is 10.0. The molecule has 1 aromatic heterocycles. The summed E-state index contributed by atoms with van der Waals surface area (Å²) in [6.07, 6.45) is 6.08. The van der Waals surface area contributed by atoms with Crippen molar-refractivity contribution < 1.29 is 0 Å². The van der Waals surface area contributed by atoms with Crippen LogP contribution in [0.5, 0.6) is 0 Å². The second-order valence-corrected chi connectivity index (χ2v) is 7.46. The summed E-state index contributed by atoms with van der Waals surface area (Å²) in [5.41, 5.74) is 1.44. The summed E-state index contributed by atoms with van der Waals surface area (Å²) in [6.45, 7) is 4.48. The van der Waals surface area contributed by atoms with Crippen LogP contribution in [-0.2, 0) is 0 Å². The Morgan fingerprint density at radius 2 is 1.94 bits per heavy atom. The molecular weight excluding hydrogens is 339 g/mol. The third-order valence-electron chi connectivity index (χ3n) is 4.49. The minimum absolute atomic E-state index is 0.0604. The Morgan fingerprint density at radius 1 is 1.33 bits per heavy atom. The number of nitrogens with one attached hydrogen (secondary N) is 1. The van der Waals surface area contributed by atoms with Gasteiger partial charge in [-0.15, -0.1) is 0 Å². The maximum Gasteiger partial charge on any atom is 0.264 e. The fourth-order valence-corrected chi connectivity index (χ4v) is 3.76. The van der Waals surface area contributed by atoms with Crippen LogP contribution in [0.1, 0.15) is 69.3 Å². The third-order valence-corrected chi connectivity index (χ3v) is 5.53. The van der Waals surface area contributed by atoms with Gasteiger partial charge in [0, 0.05) is 11.8 Å². The summed E-state index contributed by atoms with van der Waals surface area (Å²) < 4.78 is 0.807. The van der Waals surface area contributed by atoms with Gasteiger partial charge in [-0.1, -0.05) is 26.7 Å². The molecule has 1 aromatic rings. The number of nitrogens with zero attached hydrogens (tertiary/aromatic N) is 1. The molecule has 2 aliphatic carbocycles. The first-order valence-electron chi connectivity index (χ1n) is 6.78. The molecule has 0 amide bonds. The van der Waals surface area contributed by atoms with Crippen LogP contribution >= 0.6 is 22.6 Å². The van der Waals surface area contributed by atoms with E-state index >= 15 is 0 Å². The van der Waals surface area contributed by atoms with E-state index < -0.39 is 0 Å². The van der Waals surface area contributed by atoms with Crippen LogP contribution in [0.3, 0.4) is 0 Å². The van der Waals surface area contributed by atoms with Gasteiger partial charge in [-0.05, 0) is 47.3 Å². The van der Waals surface area contributed by atoms with Crippen molar-refractivity contribution in [1.29, 1.82) is 0 Å². The molecule has 2 fully saturated rings. The fraction of sp³-hybridized carbons (Fsp3) is 0.714. The van der Waals surface area contributed by atoms with Crippen molar-refractivity contribution in [3.05, 3.63) is 25.4 Å². The lowest BCUT2D eigenvalue weighted by Gasteiger charge is -2.12. The topological polar surface area (TPSA) is 45.8 Å². The van der Waals surface area contributed by atoms with Gasteiger partial charge in [0.15, 0.2) is 0 Å². The molecule has 1 heterocycles. The van der Waals surface area contributed by atoms with Gasteiger partial charge >= 0.3 is 0 Å². The molecule has 1 N–H and O–H groups in total. The van der Waals surface area contributed by atoms with Crippen molar-refractivity contribution in [2.24, 2.45) is 5.41 Å². The van der Waals surface area contributed by atoms with Gasteiger partial charge < -0.3 is 4.98 Å². The van der Waals surface area contributed by atoms with Crippen LogP contribution in [-0.4, -0.2) is 9.97 Å². The van der Waals surface area contributed by atoms with Crippen molar-refractivity contribution in [1.82, 2.24) is 9.97 Å². The van der Waals surface area contributed by atoms with Crippen molar-refractivity contribution in [3.8, 4) is 0 Å². The highest BCUT2D eigenvalue weighted by atomic mass is 127. The highest BCUT2D eigenvalue weighted by Crippen LogP contribution is 2.57. The zero-order valence-electron chi connectivity index (χ0n) is 10.9. The van der Waals surface area contributed by atoms with E-state index in [4.69, 9.17) is 4.98 Å². The van der Waals surface area contributed by atoms with Crippen LogP contribution in [0.15, 0.2) is 4.79 Å². The molecule has 1 atom stereocenters. The van der Waals surface area contributed by atoms with Crippen molar-refractivity contribution in [2.75, 3.05) is 0 Å². The largest absolute Gasteiger partial charge is 0.309 e. The van der Waals surface area contributed by atoms with Gasteiger partial charge in [-0.25, -0.2) is 4.98 Å². The first kappa shape index (κ1) is 12.6. The highest BCUT2D eigenvalue weighted by Gasteiger charge is 2.48. The quantitative estimate of drug-likeness (QED) is 0.822. The Bertz CT molecular complexity index is 529. The number of H-pyrrole nitrogens is 1. The maximum atomic E-state index is 12.1. The van der Waals surface area contributed by atoms with Crippen molar-refractivity contribution in [3.63, 3.8) is 0 Å². The molecule has 2 saturated carbocycles. The summed E-state index contributed by atoms with van der Waals surface area (Å²) in [7, 11) is 0. The smallest absolute Gasteiger partial charge is 0.264 e. The molecule has 3 nitrogen and oxygen atoms in total. The zero-order valence-corrected chi connectivity index (χ0v) is 13.1. The van der Waals surface area contributed by atoms with Crippen molar-refractivity contribution in [2.45, 2.75) is 57.8 Å². The van der Waals surface area contributed by atoms with Gasteiger partial charge in [-0.3, -0.25) is 4.79 Å². The Balaban J connectivity index is 2.00. The lowest BCUT2D eigenvalue weighted by molar-refractivity contribution is 0.598. The molecule has 0 spiro atoms. The number of rotatable bonds is 2. The molecule has 4 heteroatoms. The van der Waals surface area contributed by atoms with Crippen LogP contribution in [0, 0.1) is 8.99 Å². The Labute approximate surface area is 121 Å². The van der Waals surface area contributed by atoms with Gasteiger partial charge in [0.05, 0.1) is 9.26 Å². The predicted molar refractivity (Wildman–Crippen MR) is 79.9 cm³/mol. The molecular formula is C14H19IN2O. The Hall–Kier alpha value is -0.390. The van der Waals surface area contributed by atoms with Crippen molar-refractivity contribution >= 4 is 22.6 Å². The van der Waals surface area contributed by atoms with Crippen LogP contribution in [0.25, 0.3) is 0 Å². The van der Waals surface area contributed by atoms with Gasteiger partial charge in [0.2, 0.25) is 0 Å². The first-order valence-corrected chi connectivity index (χ1v) is 7.86. The monoisotopic (exact) mass is 358 g/mol. The van der Waals surface area contributed by atoms with Gasteiger partial charge in [0.1, 0.15) is 5.82 Å². The van der Waals surface area contributed by atoms with E-state index in [0.29, 0.717) is 17.3 Å². The molecule has 0 aromatic carbocycles. The Kier molecular flexibility index (Phi) is 3.03. The lowest BCUT2D eigenvalue weighted by Crippen LogP contribution is -2.19. The molecule has 0 bridgehead atoms. The molecule has 18 heavy (non-hydrogen) atoms. The third kappa shape index (κ3) is 2.12. The zero-order chi connectivity index (χ0) is 12.9. The maximum absolute atomic E-state index is 12.1. The normalized spacial score (nSPS) is 26.5. The SMILES string of the molecule is CC1(C)CC1c1nc(C2CCCC2)c(I)c(=O)[nH]1. The van der Waals surface area contributed by atoms with Gasteiger partial charge in [0.25, 0.3) is 5.56 Å². The summed E-state index contributed by atoms with van der Waals surface area (Å²) in [5, 5.41) is 0. The number of hydrogen-bond donors (Lipinski definition) is 1. The Morgan fingerprint density at radius 3 is 2.50 bits per heavy atom. The second-order valence-electron chi connectivity index (χ2n) is 6.38. The predicted octanol–water partition coefficient (Wildman–Crippen LogP) is 3.55. The standard InChI is InChI=1S/C14H19IN2O/c1-14(2)7-9(14)12-16-11(8-5-3-4-6-8)10(15)13(18)17-12/h8-9H,3-7H2,1-2H3,(H,16,17,18). The molecule has 1 unspecified atom stereocenters. The summed E-state index contributed by atoms with van der Waals surface area (Å²) >= 11 is 2.16. The minimum atomic E-state index is 0.0604. The molecule has 3 rings (SSSR count). The van der Waals surface area contributed by atoms with E-state index in [2.05, 4.69) is 41.4 Å². The molecule has 0 radical (unpaired) electrons. The van der Waals surface area contributed by atoms with E-state index in [1.807, 2.05) is 0 Å². The van der Waals surface area contributed by atoms with E-state index in [0.717, 1.165) is 21.5 Å². The summed E-state index contributed by atoms with van der Waals surface area (Å²) in [5.74, 6) is 1.88.